The second kappa shape index (κ2) is 12.4. The fraction of sp³-hybridized carbons (Fsp3) is 0. The fourth-order valence-electron chi connectivity index (χ4n) is 7.60. The molecule has 3 nitrogen and oxygen atoms in total. The Bertz CT molecular complexity index is 2880. The minimum absolute atomic E-state index is 0.631. The normalized spacial score (nSPS) is 11.5. The van der Waals surface area contributed by atoms with Crippen molar-refractivity contribution in [3.05, 3.63) is 194 Å². The molecule has 0 saturated carbocycles. The summed E-state index contributed by atoms with van der Waals surface area (Å²) in [6.45, 7) is 0. The van der Waals surface area contributed by atoms with Gasteiger partial charge in [-0.25, -0.2) is 4.98 Å². The molecule has 0 amide bonds. The van der Waals surface area contributed by atoms with Crippen LogP contribution in [0.4, 0.5) is 17.1 Å². The van der Waals surface area contributed by atoms with Gasteiger partial charge in [0.05, 0.1) is 0 Å². The highest BCUT2D eigenvalue weighted by molar-refractivity contribution is 6.14. The summed E-state index contributed by atoms with van der Waals surface area (Å²) in [6, 6.07) is 68.7. The van der Waals surface area contributed by atoms with Crippen molar-refractivity contribution in [1.82, 2.24) is 4.98 Å². The molecule has 0 N–H and O–H groups in total. The average molecular weight is 665 g/mol. The molecule has 0 atom stereocenters. The fourth-order valence-corrected chi connectivity index (χ4v) is 7.60. The number of benzene rings is 9. The molecule has 0 spiro atoms. The van der Waals surface area contributed by atoms with Crippen molar-refractivity contribution >= 4 is 60.5 Å². The first-order chi connectivity index (χ1) is 25.8. The van der Waals surface area contributed by atoms with Crippen LogP contribution in [0.5, 0.6) is 0 Å². The summed E-state index contributed by atoms with van der Waals surface area (Å²) in [6.07, 6.45) is 0. The Hall–Kier alpha value is -6.97. The Morgan fingerprint density at radius 3 is 1.50 bits per heavy atom. The van der Waals surface area contributed by atoms with Gasteiger partial charge in [0.15, 0.2) is 5.58 Å². The molecule has 0 unspecified atom stereocenters. The van der Waals surface area contributed by atoms with Crippen LogP contribution in [-0.4, -0.2) is 4.98 Å². The van der Waals surface area contributed by atoms with Crippen LogP contribution in [0, 0.1) is 0 Å². The van der Waals surface area contributed by atoms with Gasteiger partial charge in [-0.1, -0.05) is 133 Å². The van der Waals surface area contributed by atoms with Gasteiger partial charge in [0.25, 0.3) is 0 Å². The van der Waals surface area contributed by atoms with Crippen LogP contribution in [0.2, 0.25) is 0 Å². The first kappa shape index (κ1) is 29.9. The third-order valence-electron chi connectivity index (χ3n) is 10.1. The lowest BCUT2D eigenvalue weighted by Crippen LogP contribution is -2.09. The number of hydrogen-bond acceptors (Lipinski definition) is 3. The van der Waals surface area contributed by atoms with Gasteiger partial charge in [-0.05, 0) is 110 Å². The minimum atomic E-state index is 0.631. The summed E-state index contributed by atoms with van der Waals surface area (Å²) in [5.74, 6) is 0.631. The lowest BCUT2D eigenvalue weighted by atomic mass is 9.93. The molecule has 0 aliphatic carbocycles. The molecule has 0 bridgehead atoms. The third-order valence-corrected chi connectivity index (χ3v) is 10.1. The van der Waals surface area contributed by atoms with E-state index in [0.29, 0.717) is 5.89 Å². The summed E-state index contributed by atoms with van der Waals surface area (Å²) >= 11 is 0. The predicted molar refractivity (Wildman–Crippen MR) is 218 cm³/mol. The second-order valence-electron chi connectivity index (χ2n) is 13.2. The summed E-state index contributed by atoms with van der Waals surface area (Å²) in [7, 11) is 0. The molecule has 1 heterocycles. The van der Waals surface area contributed by atoms with Gasteiger partial charge in [0.1, 0.15) is 5.52 Å². The van der Waals surface area contributed by atoms with Gasteiger partial charge in [-0.2, -0.15) is 0 Å². The average Bonchev–Trinajstić information content (AvgIpc) is 3.67. The SMILES string of the molecule is c1ccc(-c2nc3c(cc(-c4ccc(N(c5ccccc5)c5ccc(-c6cc7ccccc7c7ccccc67)cc5)cc4)c4ccccc43)o2)cc1. The van der Waals surface area contributed by atoms with Crippen LogP contribution < -0.4 is 4.90 Å². The van der Waals surface area contributed by atoms with E-state index in [1.807, 2.05) is 30.3 Å². The Balaban J connectivity index is 1.05. The number of rotatable bonds is 6. The van der Waals surface area contributed by atoms with Crippen molar-refractivity contribution in [2.75, 3.05) is 4.90 Å². The first-order valence-electron chi connectivity index (χ1n) is 17.6. The van der Waals surface area contributed by atoms with Crippen LogP contribution in [0.25, 0.3) is 77.1 Å². The Morgan fingerprint density at radius 1 is 0.365 bits per heavy atom. The molecule has 1 aromatic heterocycles. The van der Waals surface area contributed by atoms with E-state index in [1.54, 1.807) is 0 Å². The number of hydrogen-bond donors (Lipinski definition) is 0. The maximum absolute atomic E-state index is 6.37. The largest absolute Gasteiger partial charge is 0.436 e. The maximum atomic E-state index is 6.37. The third kappa shape index (κ3) is 5.10. The molecule has 0 aliphatic rings. The highest BCUT2D eigenvalue weighted by atomic mass is 16.3. The molecule has 3 heteroatoms. The van der Waals surface area contributed by atoms with Crippen LogP contribution in [0.1, 0.15) is 0 Å². The zero-order chi connectivity index (χ0) is 34.4. The van der Waals surface area contributed by atoms with Crippen LogP contribution in [0.15, 0.2) is 199 Å². The molecule has 9 aromatic carbocycles. The zero-order valence-corrected chi connectivity index (χ0v) is 28.3. The quantitative estimate of drug-likeness (QED) is 0.166. The molecule has 0 radical (unpaired) electrons. The van der Waals surface area contributed by atoms with Crippen molar-refractivity contribution in [2.45, 2.75) is 0 Å². The van der Waals surface area contributed by atoms with E-state index in [2.05, 4.69) is 169 Å². The molecule has 244 valence electrons. The highest BCUT2D eigenvalue weighted by Gasteiger charge is 2.17. The topological polar surface area (TPSA) is 29.3 Å². The lowest BCUT2D eigenvalue weighted by molar-refractivity contribution is 0.620. The minimum Gasteiger partial charge on any atom is -0.436 e. The Morgan fingerprint density at radius 2 is 0.846 bits per heavy atom. The van der Waals surface area contributed by atoms with Crippen molar-refractivity contribution in [3.8, 4) is 33.7 Å². The molecule has 52 heavy (non-hydrogen) atoms. The van der Waals surface area contributed by atoms with Gasteiger partial charge in [-0.3, -0.25) is 0 Å². The molecule has 10 rings (SSSR count). The summed E-state index contributed by atoms with van der Waals surface area (Å²) in [5, 5.41) is 7.29. The molecule has 0 saturated heterocycles. The number of nitrogens with zero attached hydrogens (tertiary/aromatic N) is 2. The van der Waals surface area contributed by atoms with Crippen LogP contribution >= 0.6 is 0 Å². The highest BCUT2D eigenvalue weighted by Crippen LogP contribution is 2.41. The second-order valence-corrected chi connectivity index (χ2v) is 13.2. The van der Waals surface area contributed by atoms with Crippen molar-refractivity contribution in [3.63, 3.8) is 0 Å². The summed E-state index contributed by atoms with van der Waals surface area (Å²) in [5.41, 5.74) is 10.6. The summed E-state index contributed by atoms with van der Waals surface area (Å²) < 4.78 is 6.37. The number of fused-ring (bicyclic) bond motifs is 6. The van der Waals surface area contributed by atoms with E-state index in [9.17, 15) is 0 Å². The van der Waals surface area contributed by atoms with Crippen molar-refractivity contribution < 1.29 is 4.42 Å². The molecular formula is C49H32N2O. The smallest absolute Gasteiger partial charge is 0.227 e. The summed E-state index contributed by atoms with van der Waals surface area (Å²) in [4.78, 5) is 7.25. The van der Waals surface area contributed by atoms with E-state index in [1.165, 1.54) is 32.7 Å². The van der Waals surface area contributed by atoms with E-state index in [4.69, 9.17) is 9.40 Å². The molecule has 10 aromatic rings. The van der Waals surface area contributed by atoms with Gasteiger partial charge in [0.2, 0.25) is 5.89 Å². The zero-order valence-electron chi connectivity index (χ0n) is 28.3. The molecule has 0 aliphatic heterocycles. The predicted octanol–water partition coefficient (Wildman–Crippen LogP) is 13.8. The Labute approximate surface area is 301 Å². The monoisotopic (exact) mass is 664 g/mol. The number of anilines is 3. The van der Waals surface area contributed by atoms with Gasteiger partial charge < -0.3 is 9.32 Å². The van der Waals surface area contributed by atoms with Crippen LogP contribution in [0.3, 0.4) is 0 Å². The van der Waals surface area contributed by atoms with E-state index in [0.717, 1.165) is 55.6 Å². The molecule has 0 fully saturated rings. The molecular weight excluding hydrogens is 633 g/mol. The van der Waals surface area contributed by atoms with E-state index in [-0.39, 0.29) is 0 Å². The number of para-hydroxylation sites is 1. The van der Waals surface area contributed by atoms with Crippen LogP contribution in [-0.2, 0) is 0 Å². The van der Waals surface area contributed by atoms with Gasteiger partial charge in [-0.15, -0.1) is 0 Å². The number of oxazole rings is 1. The van der Waals surface area contributed by atoms with E-state index < -0.39 is 0 Å². The van der Waals surface area contributed by atoms with Gasteiger partial charge in [0, 0.05) is 28.0 Å². The number of aromatic nitrogens is 1. The van der Waals surface area contributed by atoms with Crippen molar-refractivity contribution in [1.29, 1.82) is 0 Å². The maximum Gasteiger partial charge on any atom is 0.227 e. The first-order valence-corrected chi connectivity index (χ1v) is 17.6. The van der Waals surface area contributed by atoms with Crippen molar-refractivity contribution in [2.24, 2.45) is 0 Å². The van der Waals surface area contributed by atoms with Gasteiger partial charge >= 0.3 is 0 Å². The lowest BCUT2D eigenvalue weighted by Gasteiger charge is -2.26. The Kier molecular flexibility index (Phi) is 7.14. The van der Waals surface area contributed by atoms with E-state index >= 15 is 0 Å². The standard InChI is InChI=1S/C49H32N2O/c1-3-13-35(14-4-1)49-50-48-44-22-12-11-21-43(44)46(32-47(48)52-49)34-25-29-39(30-26-34)51(37-16-5-2-6-17-37)38-27-23-33(24-28-38)45-31-36-15-7-8-18-40(36)41-19-9-10-20-42(41)45/h1-32H.